The predicted octanol–water partition coefficient (Wildman–Crippen LogP) is 2.37. The van der Waals surface area contributed by atoms with Crippen molar-refractivity contribution in [2.45, 2.75) is 19.8 Å². The van der Waals surface area contributed by atoms with E-state index in [0.29, 0.717) is 11.4 Å². The molecule has 21 heavy (non-hydrogen) atoms. The molecule has 110 valence electrons. The Morgan fingerprint density at radius 1 is 1.29 bits per heavy atom. The average molecular weight is 304 g/mol. The molecular weight excluding hydrogens is 288 g/mol. The number of hydrogen-bond acceptors (Lipinski definition) is 4. The van der Waals surface area contributed by atoms with Crippen LogP contribution in [0.1, 0.15) is 17.6 Å². The molecular formula is C15H16N2O3S. The van der Waals surface area contributed by atoms with E-state index >= 15 is 0 Å². The largest absolute Gasteiger partial charge is 0.480 e. The molecule has 1 amide bonds. The molecule has 0 saturated heterocycles. The first kappa shape index (κ1) is 15.2. The van der Waals surface area contributed by atoms with Gasteiger partial charge in [-0.15, -0.1) is 11.3 Å². The maximum absolute atomic E-state index is 12.4. The Morgan fingerprint density at radius 2 is 2.00 bits per heavy atom. The highest BCUT2D eigenvalue weighted by atomic mass is 32.1. The van der Waals surface area contributed by atoms with Gasteiger partial charge in [0.25, 0.3) is 0 Å². The first-order chi connectivity index (χ1) is 10.1. The van der Waals surface area contributed by atoms with Gasteiger partial charge in [0.05, 0.1) is 17.1 Å². The van der Waals surface area contributed by atoms with Crippen molar-refractivity contribution in [3.05, 3.63) is 46.4 Å². The van der Waals surface area contributed by atoms with Gasteiger partial charge in [-0.05, 0) is 18.6 Å². The van der Waals surface area contributed by atoms with E-state index in [1.54, 1.807) is 24.3 Å². The summed E-state index contributed by atoms with van der Waals surface area (Å²) in [6, 6.07) is 8.81. The van der Waals surface area contributed by atoms with Gasteiger partial charge in [-0.3, -0.25) is 9.59 Å². The molecule has 0 aliphatic carbocycles. The van der Waals surface area contributed by atoms with E-state index in [-0.39, 0.29) is 18.9 Å². The number of carboxylic acids is 1. The van der Waals surface area contributed by atoms with Crippen LogP contribution in [-0.4, -0.2) is 28.5 Å². The third-order valence-corrected chi connectivity index (χ3v) is 3.94. The normalized spacial score (nSPS) is 10.3. The summed E-state index contributed by atoms with van der Waals surface area (Å²) in [5.74, 6) is -1.31. The minimum atomic E-state index is -1.04. The first-order valence-electron chi connectivity index (χ1n) is 6.60. The summed E-state index contributed by atoms with van der Waals surface area (Å²) >= 11 is 1.51. The number of thiazole rings is 1. The highest BCUT2D eigenvalue weighted by Crippen LogP contribution is 2.16. The average Bonchev–Trinajstić information content (AvgIpc) is 2.93. The van der Waals surface area contributed by atoms with Crippen molar-refractivity contribution < 1.29 is 14.7 Å². The Balaban J connectivity index is 2.16. The number of carboxylic acid groups (broad SMARTS) is 1. The number of rotatable bonds is 6. The van der Waals surface area contributed by atoms with E-state index in [4.69, 9.17) is 5.11 Å². The van der Waals surface area contributed by atoms with E-state index in [9.17, 15) is 9.59 Å². The molecule has 0 aliphatic heterocycles. The van der Waals surface area contributed by atoms with Crippen molar-refractivity contribution in [1.82, 2.24) is 4.98 Å². The molecule has 0 saturated carbocycles. The Morgan fingerprint density at radius 3 is 2.57 bits per heavy atom. The van der Waals surface area contributed by atoms with E-state index in [0.717, 1.165) is 11.4 Å². The molecule has 0 unspecified atom stereocenters. The minimum absolute atomic E-state index is 0.110. The van der Waals surface area contributed by atoms with Crippen LogP contribution >= 0.6 is 11.3 Å². The molecule has 0 bridgehead atoms. The molecule has 0 fully saturated rings. The Labute approximate surface area is 126 Å². The van der Waals surface area contributed by atoms with Gasteiger partial charge in [0.1, 0.15) is 6.54 Å². The molecule has 0 aliphatic rings. The van der Waals surface area contributed by atoms with Gasteiger partial charge >= 0.3 is 5.97 Å². The summed E-state index contributed by atoms with van der Waals surface area (Å²) in [6.07, 6.45) is 0.940. The second-order valence-electron chi connectivity index (χ2n) is 4.47. The van der Waals surface area contributed by atoms with Crippen LogP contribution in [0, 0.1) is 0 Å². The highest BCUT2D eigenvalue weighted by Gasteiger charge is 2.19. The number of carbonyl (C=O) groups excluding carboxylic acids is 1. The number of hydrogen-bond donors (Lipinski definition) is 1. The zero-order chi connectivity index (χ0) is 15.2. The lowest BCUT2D eigenvalue weighted by Crippen LogP contribution is -2.36. The van der Waals surface area contributed by atoms with Gasteiger partial charge in [-0.25, -0.2) is 4.98 Å². The van der Waals surface area contributed by atoms with Crippen molar-refractivity contribution in [1.29, 1.82) is 0 Å². The fourth-order valence-electron chi connectivity index (χ4n) is 1.91. The maximum atomic E-state index is 12.4. The molecule has 0 atom stereocenters. The van der Waals surface area contributed by atoms with Gasteiger partial charge in [-0.2, -0.15) is 0 Å². The molecule has 0 radical (unpaired) electrons. The number of nitrogens with zero attached hydrogens (tertiary/aromatic N) is 2. The second kappa shape index (κ2) is 6.99. The van der Waals surface area contributed by atoms with Crippen molar-refractivity contribution in [2.75, 3.05) is 11.4 Å². The molecule has 2 rings (SSSR count). The van der Waals surface area contributed by atoms with E-state index in [2.05, 4.69) is 4.98 Å². The van der Waals surface area contributed by atoms with E-state index < -0.39 is 5.97 Å². The van der Waals surface area contributed by atoms with Gasteiger partial charge < -0.3 is 10.0 Å². The molecule has 0 spiro atoms. The fraction of sp³-hybridized carbons (Fsp3) is 0.267. The van der Waals surface area contributed by atoms with E-state index in [1.165, 1.54) is 16.2 Å². The highest BCUT2D eigenvalue weighted by molar-refractivity contribution is 7.09. The molecule has 1 N–H and O–H groups in total. The van der Waals surface area contributed by atoms with Crippen molar-refractivity contribution in [3.63, 3.8) is 0 Å². The Bertz CT molecular complexity index is 625. The maximum Gasteiger partial charge on any atom is 0.323 e. The zero-order valence-electron chi connectivity index (χ0n) is 11.7. The third kappa shape index (κ3) is 4.13. The van der Waals surface area contributed by atoms with Crippen LogP contribution in [0.25, 0.3) is 0 Å². The second-order valence-corrected chi connectivity index (χ2v) is 5.41. The Hall–Kier alpha value is -2.21. The molecule has 1 heterocycles. The molecule has 6 heteroatoms. The number of aliphatic carboxylic acids is 1. The molecule has 2 aromatic rings. The van der Waals surface area contributed by atoms with Crippen molar-refractivity contribution in [2.24, 2.45) is 0 Å². The smallest absolute Gasteiger partial charge is 0.323 e. The molecule has 5 nitrogen and oxygen atoms in total. The van der Waals surface area contributed by atoms with Gasteiger partial charge in [0.15, 0.2) is 0 Å². The number of carbonyl (C=O) groups is 2. The zero-order valence-corrected chi connectivity index (χ0v) is 12.5. The number of para-hydroxylation sites is 1. The standard InChI is InChI=1S/C15H16N2O3S/c1-2-13-16-11(10-21-13)8-14(18)17(9-15(19)20)12-6-4-3-5-7-12/h3-7,10H,2,8-9H2,1H3,(H,19,20). The molecule has 1 aromatic heterocycles. The van der Waals surface area contributed by atoms with Crippen LogP contribution in [0.2, 0.25) is 0 Å². The number of aromatic nitrogens is 1. The van der Waals surface area contributed by atoms with E-state index in [1.807, 2.05) is 18.4 Å². The first-order valence-corrected chi connectivity index (χ1v) is 7.48. The van der Waals surface area contributed by atoms with Crippen LogP contribution in [-0.2, 0) is 22.4 Å². The molecule has 1 aromatic carbocycles. The summed E-state index contributed by atoms with van der Waals surface area (Å²) in [7, 11) is 0. The van der Waals surface area contributed by atoms with Crippen LogP contribution in [0.5, 0.6) is 0 Å². The summed E-state index contributed by atoms with van der Waals surface area (Å²) < 4.78 is 0. The monoisotopic (exact) mass is 304 g/mol. The van der Waals surface area contributed by atoms with Crippen molar-refractivity contribution >= 4 is 28.9 Å². The lowest BCUT2D eigenvalue weighted by atomic mass is 10.2. The number of aryl methyl sites for hydroxylation is 1. The fourth-order valence-corrected chi connectivity index (χ4v) is 2.65. The summed E-state index contributed by atoms with van der Waals surface area (Å²) in [4.78, 5) is 29.0. The topological polar surface area (TPSA) is 70.5 Å². The third-order valence-electron chi connectivity index (χ3n) is 2.90. The van der Waals surface area contributed by atoms with Crippen LogP contribution < -0.4 is 4.90 Å². The van der Waals surface area contributed by atoms with Gasteiger partial charge in [0, 0.05) is 11.1 Å². The lowest BCUT2D eigenvalue weighted by molar-refractivity contribution is -0.136. The predicted molar refractivity (Wildman–Crippen MR) is 81.6 cm³/mol. The number of anilines is 1. The Kier molecular flexibility index (Phi) is 5.05. The quantitative estimate of drug-likeness (QED) is 0.889. The number of amides is 1. The minimum Gasteiger partial charge on any atom is -0.480 e. The van der Waals surface area contributed by atoms with Crippen molar-refractivity contribution in [3.8, 4) is 0 Å². The SMILES string of the molecule is CCc1nc(CC(=O)N(CC(=O)O)c2ccccc2)cs1. The van der Waals surface area contributed by atoms with Gasteiger partial charge in [-0.1, -0.05) is 25.1 Å². The van der Waals surface area contributed by atoms with Crippen LogP contribution in [0.3, 0.4) is 0 Å². The summed E-state index contributed by atoms with van der Waals surface area (Å²) in [5.41, 5.74) is 1.27. The van der Waals surface area contributed by atoms with Crippen LogP contribution in [0.15, 0.2) is 35.7 Å². The number of benzene rings is 1. The summed E-state index contributed by atoms with van der Waals surface area (Å²) in [6.45, 7) is 1.65. The van der Waals surface area contributed by atoms with Crippen LogP contribution in [0.4, 0.5) is 5.69 Å². The summed E-state index contributed by atoms with van der Waals surface area (Å²) in [5, 5.41) is 11.8. The lowest BCUT2D eigenvalue weighted by Gasteiger charge is -2.20. The van der Waals surface area contributed by atoms with Gasteiger partial charge in [0.2, 0.25) is 5.91 Å².